The Morgan fingerprint density at radius 1 is 0.731 bits per heavy atom. The first-order valence-electron chi connectivity index (χ1n) is 9.84. The van der Waals surface area contributed by atoms with E-state index in [1.807, 2.05) is 12.3 Å². The molecule has 0 radical (unpaired) electrons. The molecule has 0 amide bonds. The second-order valence-electron chi connectivity index (χ2n) is 7.20. The van der Waals surface area contributed by atoms with Crippen molar-refractivity contribution in [2.75, 3.05) is 55.6 Å². The zero-order valence-corrected chi connectivity index (χ0v) is 15.4. The van der Waals surface area contributed by atoms with Crippen LogP contribution < -0.4 is 9.80 Å². The third kappa shape index (κ3) is 4.30. The van der Waals surface area contributed by atoms with Crippen LogP contribution in [0.1, 0.15) is 25.0 Å². The molecule has 0 aliphatic carbocycles. The lowest BCUT2D eigenvalue weighted by Crippen LogP contribution is -2.47. The van der Waals surface area contributed by atoms with Crippen LogP contribution >= 0.6 is 0 Å². The Morgan fingerprint density at radius 3 is 2.04 bits per heavy atom. The van der Waals surface area contributed by atoms with Gasteiger partial charge in [0.15, 0.2) is 11.6 Å². The molecule has 0 atom stereocenters. The minimum atomic E-state index is 1.01. The van der Waals surface area contributed by atoms with Crippen LogP contribution in [-0.4, -0.2) is 65.9 Å². The van der Waals surface area contributed by atoms with Crippen LogP contribution in [0, 0.1) is 0 Å². The van der Waals surface area contributed by atoms with Gasteiger partial charge in [0.25, 0.3) is 0 Å². The minimum Gasteiger partial charge on any atom is -0.355 e. The maximum atomic E-state index is 4.50. The van der Waals surface area contributed by atoms with Crippen LogP contribution in [0.2, 0.25) is 0 Å². The lowest BCUT2D eigenvalue weighted by atomic mass is 10.1. The Balaban J connectivity index is 1.26. The summed E-state index contributed by atoms with van der Waals surface area (Å²) in [6.07, 6.45) is 6.77. The van der Waals surface area contributed by atoms with Gasteiger partial charge in [-0.15, -0.1) is 10.2 Å². The van der Waals surface area contributed by atoms with Crippen LogP contribution in [0.4, 0.5) is 11.6 Å². The molecule has 6 heteroatoms. The highest BCUT2D eigenvalue weighted by Gasteiger charge is 2.19. The molecule has 2 fully saturated rings. The highest BCUT2D eigenvalue weighted by atomic mass is 15.3. The number of anilines is 2. The molecule has 138 valence electrons. The van der Waals surface area contributed by atoms with E-state index in [1.54, 1.807) is 0 Å². The maximum Gasteiger partial charge on any atom is 0.151 e. The summed E-state index contributed by atoms with van der Waals surface area (Å²) < 4.78 is 0. The van der Waals surface area contributed by atoms with E-state index in [-0.39, 0.29) is 0 Å². The molecule has 2 aliphatic heterocycles. The molecular formula is C20H28N6. The SMILES string of the molecule is c1ccc(CCN2CCN(c3ccc(N4CCCCC4)nn3)CC2)nc1. The van der Waals surface area contributed by atoms with Crippen LogP contribution in [0.3, 0.4) is 0 Å². The number of aromatic nitrogens is 3. The van der Waals surface area contributed by atoms with Crippen LogP contribution in [0.15, 0.2) is 36.5 Å². The van der Waals surface area contributed by atoms with Gasteiger partial charge < -0.3 is 9.80 Å². The van der Waals surface area contributed by atoms with Crippen LogP contribution in [0.25, 0.3) is 0 Å². The van der Waals surface area contributed by atoms with E-state index in [1.165, 1.54) is 25.0 Å². The monoisotopic (exact) mass is 352 g/mol. The van der Waals surface area contributed by atoms with E-state index in [0.717, 1.165) is 63.9 Å². The van der Waals surface area contributed by atoms with Crippen molar-refractivity contribution >= 4 is 11.6 Å². The van der Waals surface area contributed by atoms with Gasteiger partial charge in [0.1, 0.15) is 0 Å². The van der Waals surface area contributed by atoms with Crippen molar-refractivity contribution < 1.29 is 0 Å². The Hall–Kier alpha value is -2.21. The van der Waals surface area contributed by atoms with Gasteiger partial charge >= 0.3 is 0 Å². The summed E-state index contributed by atoms with van der Waals surface area (Å²) in [4.78, 5) is 11.6. The van der Waals surface area contributed by atoms with Crippen molar-refractivity contribution in [2.45, 2.75) is 25.7 Å². The predicted molar refractivity (Wildman–Crippen MR) is 105 cm³/mol. The van der Waals surface area contributed by atoms with Gasteiger partial charge in [0, 0.05) is 64.1 Å². The summed E-state index contributed by atoms with van der Waals surface area (Å²) in [6, 6.07) is 10.4. The number of rotatable bonds is 5. The summed E-state index contributed by atoms with van der Waals surface area (Å²) in [5.41, 5.74) is 1.18. The van der Waals surface area contributed by atoms with Gasteiger partial charge in [-0.25, -0.2) is 0 Å². The lowest BCUT2D eigenvalue weighted by molar-refractivity contribution is 0.259. The largest absolute Gasteiger partial charge is 0.355 e. The molecular weight excluding hydrogens is 324 g/mol. The van der Waals surface area contributed by atoms with Gasteiger partial charge in [-0.05, 0) is 43.5 Å². The van der Waals surface area contributed by atoms with E-state index >= 15 is 0 Å². The third-order valence-electron chi connectivity index (χ3n) is 5.42. The van der Waals surface area contributed by atoms with Gasteiger partial charge in [-0.3, -0.25) is 9.88 Å². The van der Waals surface area contributed by atoms with Crippen molar-refractivity contribution in [1.82, 2.24) is 20.1 Å². The molecule has 6 nitrogen and oxygen atoms in total. The van der Waals surface area contributed by atoms with Gasteiger partial charge in [0.05, 0.1) is 0 Å². The van der Waals surface area contributed by atoms with Gasteiger partial charge in [-0.1, -0.05) is 6.07 Å². The number of pyridine rings is 1. The number of hydrogen-bond acceptors (Lipinski definition) is 6. The molecule has 0 bridgehead atoms. The second-order valence-corrected chi connectivity index (χ2v) is 7.20. The normalized spacial score (nSPS) is 18.9. The second kappa shape index (κ2) is 8.45. The number of piperidine rings is 1. The van der Waals surface area contributed by atoms with Crippen molar-refractivity contribution in [2.24, 2.45) is 0 Å². The first-order chi connectivity index (χ1) is 12.9. The number of nitrogens with zero attached hydrogens (tertiary/aromatic N) is 6. The van der Waals surface area contributed by atoms with Gasteiger partial charge in [0.2, 0.25) is 0 Å². The van der Waals surface area contributed by atoms with E-state index in [0.29, 0.717) is 0 Å². The Morgan fingerprint density at radius 2 is 1.42 bits per heavy atom. The summed E-state index contributed by atoms with van der Waals surface area (Å²) >= 11 is 0. The molecule has 2 aromatic rings. The van der Waals surface area contributed by atoms with Gasteiger partial charge in [-0.2, -0.15) is 0 Å². The summed E-state index contributed by atoms with van der Waals surface area (Å²) in [5.74, 6) is 2.04. The fourth-order valence-corrected chi connectivity index (χ4v) is 3.80. The van der Waals surface area contributed by atoms with E-state index in [9.17, 15) is 0 Å². The van der Waals surface area contributed by atoms with E-state index in [4.69, 9.17) is 0 Å². The predicted octanol–water partition coefficient (Wildman–Crippen LogP) is 2.23. The Labute approximate surface area is 155 Å². The summed E-state index contributed by atoms with van der Waals surface area (Å²) in [7, 11) is 0. The molecule has 4 rings (SSSR count). The standard InChI is InChI=1S/C20H28N6/c1-4-11-25(12-5-1)19-7-8-20(23-22-19)26-16-14-24(15-17-26)13-9-18-6-2-3-10-21-18/h2-3,6-8,10H,1,4-5,9,11-17H2. The quantitative estimate of drug-likeness (QED) is 0.822. The smallest absolute Gasteiger partial charge is 0.151 e. The molecule has 0 saturated carbocycles. The summed E-state index contributed by atoms with van der Waals surface area (Å²) in [5, 5.41) is 8.99. The first kappa shape index (κ1) is 17.2. The van der Waals surface area contributed by atoms with Crippen molar-refractivity contribution in [3.05, 3.63) is 42.2 Å². The zero-order chi connectivity index (χ0) is 17.6. The Kier molecular flexibility index (Phi) is 5.59. The van der Waals surface area contributed by atoms with E-state index < -0.39 is 0 Å². The van der Waals surface area contributed by atoms with Crippen LogP contribution in [0.5, 0.6) is 0 Å². The molecule has 4 heterocycles. The number of piperazine rings is 1. The van der Waals surface area contributed by atoms with E-state index in [2.05, 4.69) is 54.1 Å². The molecule has 0 unspecified atom stereocenters. The van der Waals surface area contributed by atoms with Crippen molar-refractivity contribution in [1.29, 1.82) is 0 Å². The topological polar surface area (TPSA) is 48.4 Å². The molecule has 0 spiro atoms. The average Bonchev–Trinajstić information content (AvgIpc) is 2.74. The zero-order valence-electron chi connectivity index (χ0n) is 15.4. The van der Waals surface area contributed by atoms with Crippen molar-refractivity contribution in [3.8, 4) is 0 Å². The fraction of sp³-hybridized carbons (Fsp3) is 0.550. The first-order valence-corrected chi connectivity index (χ1v) is 9.84. The van der Waals surface area contributed by atoms with Crippen LogP contribution in [-0.2, 0) is 6.42 Å². The highest BCUT2D eigenvalue weighted by molar-refractivity contribution is 5.45. The molecule has 2 aliphatic rings. The molecule has 2 saturated heterocycles. The summed E-state index contributed by atoms with van der Waals surface area (Å²) in [6.45, 7) is 7.47. The Bertz CT molecular complexity index is 660. The van der Waals surface area contributed by atoms with Crippen molar-refractivity contribution in [3.63, 3.8) is 0 Å². The molecule has 26 heavy (non-hydrogen) atoms. The fourth-order valence-electron chi connectivity index (χ4n) is 3.80. The number of hydrogen-bond donors (Lipinski definition) is 0. The molecule has 0 N–H and O–H groups in total. The molecule has 0 aromatic carbocycles. The minimum absolute atomic E-state index is 1.01. The maximum absolute atomic E-state index is 4.50. The lowest BCUT2D eigenvalue weighted by Gasteiger charge is -2.35. The molecule has 2 aromatic heterocycles. The average molecular weight is 352 g/mol. The highest BCUT2D eigenvalue weighted by Crippen LogP contribution is 2.19. The third-order valence-corrected chi connectivity index (χ3v) is 5.42.